The van der Waals surface area contributed by atoms with Gasteiger partial charge in [-0.25, -0.2) is 0 Å². The molecule has 2 heterocycles. The molecule has 1 aromatic heterocycles. The van der Waals surface area contributed by atoms with Crippen LogP contribution in [0.1, 0.15) is 13.8 Å². The monoisotopic (exact) mass is 543 g/mol. The summed E-state index contributed by atoms with van der Waals surface area (Å²) < 4.78 is 2.57. The summed E-state index contributed by atoms with van der Waals surface area (Å²) >= 11 is 4.68. The SMILES string of the molecule is CC(C)C(=O)N1CCN(c2ccc(NC(=O)CSc3nnnn3-c3ccc(Br)cc3)cc2)CC1. The number of rotatable bonds is 7. The van der Waals surface area contributed by atoms with Crippen molar-refractivity contribution in [2.45, 2.75) is 19.0 Å². The first-order chi connectivity index (χ1) is 16.4. The first-order valence-corrected chi connectivity index (χ1v) is 12.8. The molecule has 1 aliphatic rings. The average molecular weight is 544 g/mol. The van der Waals surface area contributed by atoms with Crippen LogP contribution in [-0.4, -0.2) is 68.9 Å². The van der Waals surface area contributed by atoms with Gasteiger partial charge in [-0.2, -0.15) is 4.68 Å². The third kappa shape index (κ3) is 5.95. The number of amides is 2. The maximum atomic E-state index is 12.5. The van der Waals surface area contributed by atoms with E-state index in [9.17, 15) is 9.59 Å². The summed E-state index contributed by atoms with van der Waals surface area (Å²) in [5, 5.41) is 15.2. The molecule has 0 unspecified atom stereocenters. The fourth-order valence-electron chi connectivity index (χ4n) is 3.65. The van der Waals surface area contributed by atoms with Gasteiger partial charge in [0.05, 0.1) is 11.4 Å². The van der Waals surface area contributed by atoms with Crippen LogP contribution in [-0.2, 0) is 9.59 Å². The van der Waals surface area contributed by atoms with Crippen molar-refractivity contribution in [3.63, 3.8) is 0 Å². The maximum Gasteiger partial charge on any atom is 0.234 e. The van der Waals surface area contributed by atoms with Crippen molar-refractivity contribution in [3.8, 4) is 5.69 Å². The molecule has 1 N–H and O–H groups in total. The highest BCUT2D eigenvalue weighted by Crippen LogP contribution is 2.22. The Morgan fingerprint density at radius 2 is 1.65 bits per heavy atom. The fourth-order valence-corrected chi connectivity index (χ4v) is 4.60. The number of hydrogen-bond acceptors (Lipinski definition) is 7. The zero-order valence-electron chi connectivity index (χ0n) is 19.0. The van der Waals surface area contributed by atoms with Gasteiger partial charge < -0.3 is 15.1 Å². The number of anilines is 2. The van der Waals surface area contributed by atoms with Gasteiger partial charge in [-0.05, 0) is 59.0 Å². The zero-order valence-corrected chi connectivity index (χ0v) is 21.4. The maximum absolute atomic E-state index is 12.5. The summed E-state index contributed by atoms with van der Waals surface area (Å²) in [5.41, 5.74) is 2.63. The van der Waals surface area contributed by atoms with E-state index in [0.29, 0.717) is 5.16 Å². The minimum absolute atomic E-state index is 0.0287. The number of nitrogens with one attached hydrogen (secondary N) is 1. The first-order valence-electron chi connectivity index (χ1n) is 11.0. The largest absolute Gasteiger partial charge is 0.368 e. The number of tetrazole rings is 1. The topological polar surface area (TPSA) is 96.2 Å². The van der Waals surface area contributed by atoms with E-state index in [0.717, 1.165) is 47.7 Å². The van der Waals surface area contributed by atoms with E-state index in [1.54, 1.807) is 4.68 Å². The molecular weight excluding hydrogens is 518 g/mol. The van der Waals surface area contributed by atoms with Crippen LogP contribution >= 0.6 is 27.7 Å². The molecule has 11 heteroatoms. The van der Waals surface area contributed by atoms with Gasteiger partial charge in [0, 0.05) is 47.9 Å². The molecule has 0 atom stereocenters. The second-order valence-corrected chi connectivity index (χ2v) is 10.1. The van der Waals surface area contributed by atoms with Crippen molar-refractivity contribution in [2.75, 3.05) is 42.1 Å². The molecule has 1 fully saturated rings. The number of aromatic nitrogens is 4. The van der Waals surface area contributed by atoms with E-state index >= 15 is 0 Å². The Hall–Kier alpha value is -2.92. The summed E-state index contributed by atoms with van der Waals surface area (Å²) in [7, 11) is 0. The number of thioether (sulfide) groups is 1. The predicted molar refractivity (Wildman–Crippen MR) is 136 cm³/mol. The second kappa shape index (κ2) is 11.0. The van der Waals surface area contributed by atoms with Crippen molar-refractivity contribution in [1.29, 1.82) is 0 Å². The Morgan fingerprint density at radius 3 is 2.29 bits per heavy atom. The molecule has 1 saturated heterocycles. The van der Waals surface area contributed by atoms with Crippen LogP contribution in [0.4, 0.5) is 11.4 Å². The van der Waals surface area contributed by atoms with E-state index < -0.39 is 0 Å². The third-order valence-corrected chi connectivity index (χ3v) is 6.89. The molecule has 3 aromatic rings. The molecule has 0 spiro atoms. The number of hydrogen-bond donors (Lipinski definition) is 1. The van der Waals surface area contributed by atoms with E-state index in [-0.39, 0.29) is 23.5 Å². The molecule has 178 valence electrons. The van der Waals surface area contributed by atoms with Crippen molar-refractivity contribution in [2.24, 2.45) is 5.92 Å². The van der Waals surface area contributed by atoms with Gasteiger partial charge in [-0.15, -0.1) is 5.10 Å². The highest BCUT2D eigenvalue weighted by Gasteiger charge is 2.23. The van der Waals surface area contributed by atoms with Crippen LogP contribution in [0.5, 0.6) is 0 Å². The van der Waals surface area contributed by atoms with Crippen LogP contribution < -0.4 is 10.2 Å². The minimum atomic E-state index is -0.135. The van der Waals surface area contributed by atoms with Crippen LogP contribution in [0.15, 0.2) is 58.2 Å². The second-order valence-electron chi connectivity index (χ2n) is 8.20. The fraction of sp³-hybridized carbons (Fsp3) is 0.348. The van der Waals surface area contributed by atoms with E-state index in [1.165, 1.54) is 11.8 Å². The van der Waals surface area contributed by atoms with E-state index in [4.69, 9.17) is 0 Å². The normalized spacial score (nSPS) is 13.9. The highest BCUT2D eigenvalue weighted by molar-refractivity contribution is 9.10. The lowest BCUT2D eigenvalue weighted by Crippen LogP contribution is -2.49. The summed E-state index contributed by atoms with van der Waals surface area (Å²) in [6.07, 6.45) is 0. The lowest BCUT2D eigenvalue weighted by molar-refractivity contribution is -0.134. The molecule has 34 heavy (non-hydrogen) atoms. The van der Waals surface area contributed by atoms with E-state index in [1.807, 2.05) is 67.3 Å². The lowest BCUT2D eigenvalue weighted by atomic mass is 10.1. The molecule has 2 aromatic carbocycles. The Balaban J connectivity index is 1.28. The standard InChI is InChI=1S/C23H26BrN7O2S/c1-16(2)22(33)30-13-11-29(12-14-30)19-9-5-18(6-10-19)25-21(32)15-34-23-26-27-28-31(23)20-7-3-17(24)4-8-20/h3-10,16H,11-15H2,1-2H3,(H,25,32). The van der Waals surface area contributed by atoms with Crippen molar-refractivity contribution >= 4 is 50.9 Å². The predicted octanol–water partition coefficient (Wildman–Crippen LogP) is 3.46. The number of piperazine rings is 1. The van der Waals surface area contributed by atoms with Crippen molar-refractivity contribution in [1.82, 2.24) is 25.1 Å². The Kier molecular flexibility index (Phi) is 7.84. The number of carbonyl (C=O) groups is 2. The Morgan fingerprint density at radius 1 is 1.00 bits per heavy atom. The molecule has 0 bridgehead atoms. The highest BCUT2D eigenvalue weighted by atomic mass is 79.9. The van der Waals surface area contributed by atoms with Gasteiger partial charge in [0.1, 0.15) is 0 Å². The summed E-state index contributed by atoms with van der Waals surface area (Å²) in [4.78, 5) is 28.8. The smallest absolute Gasteiger partial charge is 0.234 e. The lowest BCUT2D eigenvalue weighted by Gasteiger charge is -2.37. The van der Waals surface area contributed by atoms with Crippen LogP contribution in [0.25, 0.3) is 5.69 Å². The number of halogens is 1. The molecule has 4 rings (SSSR count). The number of carbonyl (C=O) groups excluding carboxylic acids is 2. The summed E-state index contributed by atoms with van der Waals surface area (Å²) in [5.74, 6) is 0.288. The molecule has 1 aliphatic heterocycles. The molecule has 0 radical (unpaired) electrons. The van der Waals surface area contributed by atoms with Gasteiger partial charge in [0.2, 0.25) is 17.0 Å². The van der Waals surface area contributed by atoms with Crippen molar-refractivity contribution < 1.29 is 9.59 Å². The van der Waals surface area contributed by atoms with Gasteiger partial charge in [0.25, 0.3) is 0 Å². The van der Waals surface area contributed by atoms with E-state index in [2.05, 4.69) is 41.7 Å². The Bertz CT molecular complexity index is 1130. The van der Waals surface area contributed by atoms with Crippen molar-refractivity contribution in [3.05, 3.63) is 53.0 Å². The van der Waals surface area contributed by atoms with Crippen LogP contribution in [0, 0.1) is 5.92 Å². The summed E-state index contributed by atoms with van der Waals surface area (Å²) in [6, 6.07) is 15.4. The third-order valence-electron chi connectivity index (χ3n) is 5.45. The minimum Gasteiger partial charge on any atom is -0.368 e. The molecule has 2 amide bonds. The summed E-state index contributed by atoms with van der Waals surface area (Å²) in [6.45, 7) is 6.93. The number of nitrogens with zero attached hydrogens (tertiary/aromatic N) is 6. The molecular formula is C23H26BrN7O2S. The van der Waals surface area contributed by atoms with Gasteiger partial charge in [-0.1, -0.05) is 41.5 Å². The van der Waals surface area contributed by atoms with Gasteiger partial charge in [-0.3, -0.25) is 9.59 Å². The quantitative estimate of drug-likeness (QED) is 0.455. The Labute approximate surface area is 211 Å². The average Bonchev–Trinajstić information content (AvgIpc) is 3.32. The zero-order chi connectivity index (χ0) is 24.1. The molecule has 9 nitrogen and oxygen atoms in total. The first kappa shape index (κ1) is 24.2. The van der Waals surface area contributed by atoms with Gasteiger partial charge >= 0.3 is 0 Å². The van der Waals surface area contributed by atoms with Crippen LogP contribution in [0.2, 0.25) is 0 Å². The molecule has 0 aliphatic carbocycles. The molecule has 0 saturated carbocycles. The van der Waals surface area contributed by atoms with Gasteiger partial charge in [0.15, 0.2) is 0 Å². The van der Waals surface area contributed by atoms with Crippen LogP contribution in [0.3, 0.4) is 0 Å². The number of benzene rings is 2.